The van der Waals surface area contributed by atoms with Gasteiger partial charge in [-0.15, -0.1) is 0 Å². The summed E-state index contributed by atoms with van der Waals surface area (Å²) in [4.78, 5) is 12.9. The van der Waals surface area contributed by atoms with Crippen molar-refractivity contribution in [1.82, 2.24) is 15.0 Å². The van der Waals surface area contributed by atoms with Gasteiger partial charge < -0.3 is 5.73 Å². The molecular formula is C13H15BrN4. The number of anilines is 1. The maximum absolute atomic E-state index is 5.83. The fraction of sp³-hybridized carbons (Fsp3) is 0.308. The van der Waals surface area contributed by atoms with Crippen molar-refractivity contribution < 1.29 is 0 Å². The predicted octanol–water partition coefficient (Wildman–Crippen LogP) is 3.08. The summed E-state index contributed by atoms with van der Waals surface area (Å²) in [5, 5.41) is 0. The monoisotopic (exact) mass is 306 g/mol. The Morgan fingerprint density at radius 1 is 1.22 bits per heavy atom. The number of nitrogen functional groups attached to an aromatic ring is 1. The first-order valence-corrected chi connectivity index (χ1v) is 6.58. The van der Waals surface area contributed by atoms with Crippen molar-refractivity contribution in [1.29, 1.82) is 0 Å². The van der Waals surface area contributed by atoms with Gasteiger partial charge in [-0.05, 0) is 34.3 Å². The molecule has 2 aromatic heterocycles. The van der Waals surface area contributed by atoms with Crippen LogP contribution in [0.25, 0.3) is 11.4 Å². The zero-order chi connectivity index (χ0) is 13.1. The van der Waals surface area contributed by atoms with Gasteiger partial charge in [-0.25, -0.2) is 9.97 Å². The molecule has 0 radical (unpaired) electrons. The minimum Gasteiger partial charge on any atom is -0.384 e. The van der Waals surface area contributed by atoms with Crippen molar-refractivity contribution >= 4 is 21.7 Å². The van der Waals surface area contributed by atoms with E-state index in [-0.39, 0.29) is 0 Å². The average Bonchev–Trinajstić information content (AvgIpc) is 2.27. The Balaban J connectivity index is 2.41. The molecule has 0 aromatic carbocycles. The lowest BCUT2D eigenvalue weighted by molar-refractivity contribution is 0.635. The van der Waals surface area contributed by atoms with Gasteiger partial charge in [0.1, 0.15) is 5.82 Å². The highest BCUT2D eigenvalue weighted by atomic mass is 79.9. The van der Waals surface area contributed by atoms with Crippen LogP contribution in [0.1, 0.15) is 19.5 Å². The first kappa shape index (κ1) is 13.0. The van der Waals surface area contributed by atoms with Crippen LogP contribution >= 0.6 is 15.9 Å². The van der Waals surface area contributed by atoms with Crippen LogP contribution in [-0.4, -0.2) is 15.0 Å². The number of hydrogen-bond acceptors (Lipinski definition) is 4. The SMILES string of the molecule is CC(C)Cc1cc(N)nc(-c2cncc(Br)c2)n1. The van der Waals surface area contributed by atoms with Gasteiger partial charge in [-0.3, -0.25) is 4.98 Å². The summed E-state index contributed by atoms with van der Waals surface area (Å²) in [5.74, 6) is 1.66. The molecule has 2 heterocycles. The first-order chi connectivity index (χ1) is 8.54. The Morgan fingerprint density at radius 2 is 2.00 bits per heavy atom. The summed E-state index contributed by atoms with van der Waals surface area (Å²) >= 11 is 3.39. The molecule has 0 aliphatic heterocycles. The molecule has 0 fully saturated rings. The molecule has 94 valence electrons. The molecule has 5 heteroatoms. The number of aromatic nitrogens is 3. The van der Waals surface area contributed by atoms with E-state index in [1.165, 1.54) is 0 Å². The van der Waals surface area contributed by atoms with E-state index in [9.17, 15) is 0 Å². The standard InChI is InChI=1S/C13H15BrN4/c1-8(2)3-11-5-12(15)18-13(17-11)9-4-10(14)7-16-6-9/h4-8H,3H2,1-2H3,(H2,15,17,18). The largest absolute Gasteiger partial charge is 0.384 e. The highest BCUT2D eigenvalue weighted by Crippen LogP contribution is 2.20. The lowest BCUT2D eigenvalue weighted by Gasteiger charge is -2.07. The Labute approximate surface area is 115 Å². The Hall–Kier alpha value is -1.49. The van der Waals surface area contributed by atoms with Gasteiger partial charge in [0.2, 0.25) is 0 Å². The van der Waals surface area contributed by atoms with E-state index in [2.05, 4.69) is 44.7 Å². The number of hydrogen-bond donors (Lipinski definition) is 1. The van der Waals surface area contributed by atoms with Crippen LogP contribution in [0, 0.1) is 5.92 Å². The fourth-order valence-corrected chi connectivity index (χ4v) is 2.07. The highest BCUT2D eigenvalue weighted by molar-refractivity contribution is 9.10. The van der Waals surface area contributed by atoms with Gasteiger partial charge in [-0.2, -0.15) is 0 Å². The molecule has 0 spiro atoms. The summed E-state index contributed by atoms with van der Waals surface area (Å²) in [5.41, 5.74) is 7.66. The predicted molar refractivity (Wildman–Crippen MR) is 75.9 cm³/mol. The van der Waals surface area contributed by atoms with Gasteiger partial charge in [0.25, 0.3) is 0 Å². The lowest BCUT2D eigenvalue weighted by Crippen LogP contribution is -2.03. The van der Waals surface area contributed by atoms with Gasteiger partial charge in [0.05, 0.1) is 0 Å². The van der Waals surface area contributed by atoms with Crippen LogP contribution in [0.5, 0.6) is 0 Å². The Morgan fingerprint density at radius 3 is 2.67 bits per heavy atom. The molecule has 0 atom stereocenters. The third-order valence-electron chi connectivity index (χ3n) is 2.38. The zero-order valence-corrected chi connectivity index (χ0v) is 12.0. The molecule has 0 aliphatic rings. The van der Waals surface area contributed by atoms with Crippen molar-refractivity contribution in [2.45, 2.75) is 20.3 Å². The number of pyridine rings is 1. The van der Waals surface area contributed by atoms with Crippen LogP contribution in [0.2, 0.25) is 0 Å². The van der Waals surface area contributed by atoms with E-state index in [0.29, 0.717) is 17.6 Å². The second-order valence-electron chi connectivity index (χ2n) is 4.60. The smallest absolute Gasteiger partial charge is 0.163 e. The van der Waals surface area contributed by atoms with Crippen LogP contribution in [0.3, 0.4) is 0 Å². The molecule has 2 N–H and O–H groups in total. The number of nitrogens with zero attached hydrogens (tertiary/aromatic N) is 3. The van der Waals surface area contributed by atoms with Crippen molar-refractivity contribution in [3.05, 3.63) is 34.7 Å². The highest BCUT2D eigenvalue weighted by Gasteiger charge is 2.07. The van der Waals surface area contributed by atoms with Crippen molar-refractivity contribution in [3.63, 3.8) is 0 Å². The van der Waals surface area contributed by atoms with E-state index in [0.717, 1.165) is 22.2 Å². The maximum Gasteiger partial charge on any atom is 0.163 e. The summed E-state index contributed by atoms with van der Waals surface area (Å²) in [6.45, 7) is 4.30. The Bertz CT molecular complexity index is 554. The third-order valence-corrected chi connectivity index (χ3v) is 2.81. The minimum absolute atomic E-state index is 0.496. The van der Waals surface area contributed by atoms with E-state index in [1.807, 2.05) is 12.1 Å². The molecule has 2 rings (SSSR count). The molecule has 0 saturated heterocycles. The molecule has 0 amide bonds. The van der Waals surface area contributed by atoms with E-state index >= 15 is 0 Å². The summed E-state index contributed by atoms with van der Waals surface area (Å²) in [6.07, 6.45) is 4.35. The van der Waals surface area contributed by atoms with E-state index < -0.39 is 0 Å². The van der Waals surface area contributed by atoms with Crippen LogP contribution in [0.4, 0.5) is 5.82 Å². The van der Waals surface area contributed by atoms with Crippen molar-refractivity contribution in [2.75, 3.05) is 5.73 Å². The molecule has 0 aliphatic carbocycles. The fourth-order valence-electron chi connectivity index (χ4n) is 1.70. The van der Waals surface area contributed by atoms with Crippen LogP contribution in [-0.2, 0) is 6.42 Å². The normalized spacial score (nSPS) is 10.9. The molecule has 0 bridgehead atoms. The average molecular weight is 307 g/mol. The molecule has 4 nitrogen and oxygen atoms in total. The van der Waals surface area contributed by atoms with Gasteiger partial charge >= 0.3 is 0 Å². The molecular weight excluding hydrogens is 292 g/mol. The van der Waals surface area contributed by atoms with Crippen LogP contribution < -0.4 is 5.73 Å². The van der Waals surface area contributed by atoms with Gasteiger partial charge in [0.15, 0.2) is 5.82 Å². The summed E-state index contributed by atoms with van der Waals surface area (Å²) in [6, 6.07) is 3.76. The number of halogens is 1. The lowest BCUT2D eigenvalue weighted by atomic mass is 10.1. The maximum atomic E-state index is 5.83. The molecule has 0 unspecified atom stereocenters. The molecule has 2 aromatic rings. The second kappa shape index (κ2) is 5.44. The topological polar surface area (TPSA) is 64.7 Å². The Kier molecular flexibility index (Phi) is 3.91. The van der Waals surface area contributed by atoms with Gasteiger partial charge in [0, 0.05) is 34.2 Å². The van der Waals surface area contributed by atoms with E-state index in [4.69, 9.17) is 5.73 Å². The second-order valence-corrected chi connectivity index (χ2v) is 5.51. The molecule has 0 saturated carbocycles. The zero-order valence-electron chi connectivity index (χ0n) is 10.4. The van der Waals surface area contributed by atoms with Crippen LogP contribution in [0.15, 0.2) is 29.0 Å². The quantitative estimate of drug-likeness (QED) is 0.946. The summed E-state index contributed by atoms with van der Waals surface area (Å²) in [7, 11) is 0. The van der Waals surface area contributed by atoms with Gasteiger partial charge in [-0.1, -0.05) is 13.8 Å². The summed E-state index contributed by atoms with van der Waals surface area (Å²) < 4.78 is 0.899. The number of nitrogens with two attached hydrogens (primary N) is 1. The molecule has 18 heavy (non-hydrogen) atoms. The number of rotatable bonds is 3. The third kappa shape index (κ3) is 3.26. The minimum atomic E-state index is 0.496. The first-order valence-electron chi connectivity index (χ1n) is 5.79. The van der Waals surface area contributed by atoms with Crippen molar-refractivity contribution in [2.24, 2.45) is 5.92 Å². The van der Waals surface area contributed by atoms with Crippen molar-refractivity contribution in [3.8, 4) is 11.4 Å². The van der Waals surface area contributed by atoms with E-state index in [1.54, 1.807) is 12.4 Å².